The molecule has 0 fully saturated rings. The molecule has 0 saturated heterocycles. The fourth-order valence-electron chi connectivity index (χ4n) is 1.58. The third kappa shape index (κ3) is 2.63. The van der Waals surface area contributed by atoms with Crippen molar-refractivity contribution in [3.63, 3.8) is 0 Å². The van der Waals surface area contributed by atoms with Gasteiger partial charge in [-0.3, -0.25) is 0 Å². The second-order valence-electron chi connectivity index (χ2n) is 3.93. The molecule has 1 aromatic heterocycles. The Morgan fingerprint density at radius 1 is 1.06 bits per heavy atom. The zero-order valence-electron chi connectivity index (χ0n) is 10.3. The van der Waals surface area contributed by atoms with E-state index in [4.69, 9.17) is 0 Å². The number of aromatic hydroxyl groups is 1. The fourth-order valence-corrected chi connectivity index (χ4v) is 1.58. The largest absolute Gasteiger partial charge is 0.506 e. The minimum Gasteiger partial charge on any atom is -0.506 e. The first-order valence-corrected chi connectivity index (χ1v) is 5.50. The van der Waals surface area contributed by atoms with Crippen LogP contribution >= 0.6 is 0 Å². The molecule has 0 radical (unpaired) electrons. The molecule has 1 heterocycles. The number of rotatable bonds is 3. The standard InChI is InChI=1S/C13H14N4O/c1-17(2)13-10(6-5-7-11(13)18)15-16-12-8-3-4-9-14-12/h3-9,18H,1-2H3. The van der Waals surface area contributed by atoms with Crippen LogP contribution in [0.5, 0.6) is 5.75 Å². The summed E-state index contributed by atoms with van der Waals surface area (Å²) in [5, 5.41) is 18.0. The number of phenols is 1. The van der Waals surface area contributed by atoms with Gasteiger partial charge in [-0.15, -0.1) is 10.2 Å². The number of para-hydroxylation sites is 1. The summed E-state index contributed by atoms with van der Waals surface area (Å²) in [6, 6.07) is 10.6. The maximum Gasteiger partial charge on any atom is 0.174 e. The molecule has 0 bridgehead atoms. The van der Waals surface area contributed by atoms with Gasteiger partial charge in [-0.1, -0.05) is 12.1 Å². The van der Waals surface area contributed by atoms with E-state index in [0.717, 1.165) is 0 Å². The SMILES string of the molecule is CN(C)c1c(O)cccc1N=Nc1ccccn1. The Hall–Kier alpha value is -2.43. The first kappa shape index (κ1) is 12.0. The highest BCUT2D eigenvalue weighted by Crippen LogP contribution is 2.36. The average molecular weight is 242 g/mol. The van der Waals surface area contributed by atoms with Crippen molar-refractivity contribution in [2.45, 2.75) is 0 Å². The molecule has 0 saturated carbocycles. The van der Waals surface area contributed by atoms with Gasteiger partial charge in [-0.25, -0.2) is 4.98 Å². The van der Waals surface area contributed by atoms with E-state index in [0.29, 0.717) is 17.2 Å². The molecule has 1 aromatic carbocycles. The molecule has 0 spiro atoms. The maximum absolute atomic E-state index is 9.80. The Labute approximate surface area is 105 Å². The summed E-state index contributed by atoms with van der Waals surface area (Å²) in [5.41, 5.74) is 1.24. The summed E-state index contributed by atoms with van der Waals surface area (Å²) in [6.07, 6.45) is 1.66. The molecule has 0 aliphatic rings. The molecule has 5 heteroatoms. The molecule has 0 atom stereocenters. The Bertz CT molecular complexity index is 552. The van der Waals surface area contributed by atoms with E-state index < -0.39 is 0 Å². The predicted octanol–water partition coefficient (Wildman–Crippen LogP) is 3.27. The van der Waals surface area contributed by atoms with Crippen molar-refractivity contribution in [3.05, 3.63) is 42.6 Å². The van der Waals surface area contributed by atoms with Gasteiger partial charge in [0.1, 0.15) is 17.1 Å². The zero-order chi connectivity index (χ0) is 13.0. The van der Waals surface area contributed by atoms with Gasteiger partial charge >= 0.3 is 0 Å². The van der Waals surface area contributed by atoms with Crippen molar-refractivity contribution < 1.29 is 5.11 Å². The number of nitrogens with zero attached hydrogens (tertiary/aromatic N) is 4. The van der Waals surface area contributed by atoms with Crippen molar-refractivity contribution in [3.8, 4) is 5.75 Å². The lowest BCUT2D eigenvalue weighted by atomic mass is 10.2. The quantitative estimate of drug-likeness (QED) is 0.840. The highest BCUT2D eigenvalue weighted by Gasteiger charge is 2.08. The first-order valence-electron chi connectivity index (χ1n) is 5.50. The Kier molecular flexibility index (Phi) is 3.52. The fraction of sp³-hybridized carbons (Fsp3) is 0.154. The number of phenolic OH excluding ortho intramolecular Hbond substituents is 1. The van der Waals surface area contributed by atoms with Gasteiger partial charge in [0.05, 0.1) is 0 Å². The first-order chi connectivity index (χ1) is 8.68. The summed E-state index contributed by atoms with van der Waals surface area (Å²) in [4.78, 5) is 5.85. The molecule has 0 amide bonds. The normalized spacial score (nSPS) is 10.8. The zero-order valence-corrected chi connectivity index (χ0v) is 10.3. The van der Waals surface area contributed by atoms with Crippen molar-refractivity contribution in [1.29, 1.82) is 0 Å². The van der Waals surface area contributed by atoms with Gasteiger partial charge in [-0.2, -0.15) is 0 Å². The summed E-state index contributed by atoms with van der Waals surface area (Å²) < 4.78 is 0. The molecular weight excluding hydrogens is 228 g/mol. The summed E-state index contributed by atoms with van der Waals surface area (Å²) >= 11 is 0. The van der Waals surface area contributed by atoms with Crippen molar-refractivity contribution in [2.24, 2.45) is 10.2 Å². The van der Waals surface area contributed by atoms with Gasteiger partial charge < -0.3 is 10.0 Å². The third-order valence-electron chi connectivity index (χ3n) is 2.35. The smallest absolute Gasteiger partial charge is 0.174 e. The number of azo groups is 1. The van der Waals surface area contributed by atoms with E-state index in [9.17, 15) is 5.11 Å². The van der Waals surface area contributed by atoms with Crippen LogP contribution in [0.3, 0.4) is 0 Å². The van der Waals surface area contributed by atoms with Crippen LogP contribution in [0.4, 0.5) is 17.2 Å². The second-order valence-corrected chi connectivity index (χ2v) is 3.93. The van der Waals surface area contributed by atoms with Crippen LogP contribution < -0.4 is 4.90 Å². The van der Waals surface area contributed by atoms with Crippen molar-refractivity contribution >= 4 is 17.2 Å². The van der Waals surface area contributed by atoms with Crippen LogP contribution in [0.25, 0.3) is 0 Å². The highest BCUT2D eigenvalue weighted by molar-refractivity contribution is 5.73. The molecule has 0 unspecified atom stereocenters. The number of hydrogen-bond acceptors (Lipinski definition) is 5. The molecule has 2 rings (SSSR count). The predicted molar refractivity (Wildman–Crippen MR) is 70.8 cm³/mol. The van der Waals surface area contributed by atoms with Crippen LogP contribution in [-0.2, 0) is 0 Å². The number of aromatic nitrogens is 1. The summed E-state index contributed by atoms with van der Waals surface area (Å²) in [5.74, 6) is 0.711. The summed E-state index contributed by atoms with van der Waals surface area (Å²) in [7, 11) is 3.68. The molecule has 0 aliphatic heterocycles. The van der Waals surface area contributed by atoms with Crippen molar-refractivity contribution in [2.75, 3.05) is 19.0 Å². The Balaban J connectivity index is 2.35. The minimum atomic E-state index is 0.178. The van der Waals surface area contributed by atoms with Gasteiger partial charge in [0.2, 0.25) is 0 Å². The molecule has 92 valence electrons. The van der Waals surface area contributed by atoms with Crippen LogP contribution in [0.15, 0.2) is 52.8 Å². The van der Waals surface area contributed by atoms with E-state index in [-0.39, 0.29) is 5.75 Å². The molecule has 5 nitrogen and oxygen atoms in total. The number of hydrogen-bond donors (Lipinski definition) is 1. The van der Waals surface area contributed by atoms with Gasteiger partial charge in [0.15, 0.2) is 5.82 Å². The second kappa shape index (κ2) is 5.27. The Morgan fingerprint density at radius 3 is 2.56 bits per heavy atom. The molecule has 2 aromatic rings. The topological polar surface area (TPSA) is 61.1 Å². The maximum atomic E-state index is 9.80. The number of anilines is 1. The van der Waals surface area contributed by atoms with Gasteiger partial charge in [0, 0.05) is 20.3 Å². The molecular formula is C13H14N4O. The van der Waals surface area contributed by atoms with Gasteiger partial charge in [-0.05, 0) is 24.3 Å². The molecule has 1 N–H and O–H groups in total. The molecule has 0 aliphatic carbocycles. The summed E-state index contributed by atoms with van der Waals surface area (Å²) in [6.45, 7) is 0. The van der Waals surface area contributed by atoms with Crippen LogP contribution in [0, 0.1) is 0 Å². The lowest BCUT2D eigenvalue weighted by Gasteiger charge is -2.15. The van der Waals surface area contributed by atoms with Crippen LogP contribution in [-0.4, -0.2) is 24.2 Å². The van der Waals surface area contributed by atoms with Crippen molar-refractivity contribution in [1.82, 2.24) is 4.98 Å². The van der Waals surface area contributed by atoms with Gasteiger partial charge in [0.25, 0.3) is 0 Å². The van der Waals surface area contributed by atoms with E-state index in [1.54, 1.807) is 35.4 Å². The third-order valence-corrected chi connectivity index (χ3v) is 2.35. The number of benzene rings is 1. The lowest BCUT2D eigenvalue weighted by Crippen LogP contribution is -2.08. The molecule has 18 heavy (non-hydrogen) atoms. The van der Waals surface area contributed by atoms with Crippen LogP contribution in [0.2, 0.25) is 0 Å². The van der Waals surface area contributed by atoms with E-state index in [1.165, 1.54) is 0 Å². The average Bonchev–Trinajstić information content (AvgIpc) is 2.37. The van der Waals surface area contributed by atoms with E-state index in [1.807, 2.05) is 26.2 Å². The van der Waals surface area contributed by atoms with E-state index >= 15 is 0 Å². The monoisotopic (exact) mass is 242 g/mol. The van der Waals surface area contributed by atoms with Crippen LogP contribution in [0.1, 0.15) is 0 Å². The number of pyridine rings is 1. The van der Waals surface area contributed by atoms with E-state index in [2.05, 4.69) is 15.2 Å². The highest BCUT2D eigenvalue weighted by atomic mass is 16.3. The Morgan fingerprint density at radius 2 is 1.89 bits per heavy atom. The minimum absolute atomic E-state index is 0.178. The lowest BCUT2D eigenvalue weighted by molar-refractivity contribution is 0.476.